The van der Waals surface area contributed by atoms with Gasteiger partial charge < -0.3 is 9.84 Å². The van der Waals surface area contributed by atoms with Crippen molar-refractivity contribution < 1.29 is 23.1 Å². The van der Waals surface area contributed by atoms with Crippen LogP contribution in [0.3, 0.4) is 0 Å². The van der Waals surface area contributed by atoms with Gasteiger partial charge in [-0.1, -0.05) is 22.9 Å². The molecule has 0 fully saturated rings. The summed E-state index contributed by atoms with van der Waals surface area (Å²) in [6, 6.07) is 2.59. The molecule has 0 aliphatic rings. The molecule has 0 amide bonds. The second-order valence-electron chi connectivity index (χ2n) is 4.32. The highest BCUT2D eigenvalue weighted by molar-refractivity contribution is 9.10. The Balaban J connectivity index is 3.07. The van der Waals surface area contributed by atoms with Gasteiger partial charge in [-0.2, -0.15) is 0 Å². The number of sulfone groups is 1. The van der Waals surface area contributed by atoms with Gasteiger partial charge in [0, 0.05) is 11.1 Å². The summed E-state index contributed by atoms with van der Waals surface area (Å²) in [6.07, 6.45) is 0.819. The van der Waals surface area contributed by atoms with Crippen LogP contribution in [-0.2, 0) is 14.6 Å². The van der Waals surface area contributed by atoms with Crippen molar-refractivity contribution in [3.05, 3.63) is 27.7 Å². The molecule has 0 saturated heterocycles. The Kier molecular flexibility index (Phi) is 6.16. The van der Waals surface area contributed by atoms with Crippen molar-refractivity contribution in [1.29, 1.82) is 0 Å². The fourth-order valence-corrected chi connectivity index (χ4v) is 3.66. The zero-order valence-corrected chi connectivity index (χ0v) is 13.8. The molecule has 0 aliphatic heterocycles. The van der Waals surface area contributed by atoms with Crippen molar-refractivity contribution in [3.8, 4) is 0 Å². The molecular weight excluding hydrogens is 348 g/mol. The number of benzene rings is 1. The van der Waals surface area contributed by atoms with Crippen molar-refractivity contribution >= 4 is 31.7 Å². The fraction of sp³-hybridized carbons (Fsp3) is 0.462. The van der Waals surface area contributed by atoms with Gasteiger partial charge in [0.25, 0.3) is 0 Å². The number of hydrogen-bond donors (Lipinski definition) is 1. The first kappa shape index (κ1) is 17.1. The zero-order chi connectivity index (χ0) is 15.3. The molecule has 0 spiro atoms. The summed E-state index contributed by atoms with van der Waals surface area (Å²) in [6.45, 7) is 4.18. The molecular formula is C13H17BrO5S. The molecule has 112 valence electrons. The summed E-state index contributed by atoms with van der Waals surface area (Å²) < 4.78 is 30.1. The summed E-state index contributed by atoms with van der Waals surface area (Å²) in [5.74, 6) is -1.33. The lowest BCUT2D eigenvalue weighted by molar-refractivity contribution is 0.0696. The van der Waals surface area contributed by atoms with Crippen LogP contribution in [0.5, 0.6) is 0 Å². The van der Waals surface area contributed by atoms with Crippen LogP contribution >= 0.6 is 15.9 Å². The molecule has 1 aromatic rings. The van der Waals surface area contributed by atoms with E-state index in [1.54, 1.807) is 6.92 Å². The van der Waals surface area contributed by atoms with Crippen LogP contribution < -0.4 is 0 Å². The highest BCUT2D eigenvalue weighted by atomic mass is 79.9. The highest BCUT2D eigenvalue weighted by Gasteiger charge is 2.21. The minimum absolute atomic E-state index is 0.0318. The maximum atomic E-state index is 12.2. The SMILES string of the molecule is CCCOCCS(=O)(=O)c1cc(C(=O)O)cc(Br)c1C. The number of ether oxygens (including phenoxy) is 1. The molecule has 0 unspecified atom stereocenters. The van der Waals surface area contributed by atoms with Gasteiger partial charge in [-0.3, -0.25) is 0 Å². The van der Waals surface area contributed by atoms with Gasteiger partial charge in [0.15, 0.2) is 9.84 Å². The highest BCUT2D eigenvalue weighted by Crippen LogP contribution is 2.26. The molecule has 0 aliphatic carbocycles. The Morgan fingerprint density at radius 1 is 1.35 bits per heavy atom. The summed E-state index contributed by atoms with van der Waals surface area (Å²) in [5, 5.41) is 9.00. The fourth-order valence-electron chi connectivity index (χ4n) is 1.63. The van der Waals surface area contributed by atoms with Gasteiger partial charge in [-0.15, -0.1) is 0 Å². The largest absolute Gasteiger partial charge is 0.478 e. The number of halogens is 1. The molecule has 0 radical (unpaired) electrons. The second-order valence-corrected chi connectivity index (χ2v) is 7.25. The van der Waals surface area contributed by atoms with E-state index in [0.29, 0.717) is 16.6 Å². The van der Waals surface area contributed by atoms with E-state index >= 15 is 0 Å². The monoisotopic (exact) mass is 364 g/mol. The summed E-state index contributed by atoms with van der Waals surface area (Å²) >= 11 is 3.19. The van der Waals surface area contributed by atoms with Crippen LogP contribution in [0.15, 0.2) is 21.5 Å². The van der Waals surface area contributed by atoms with Crippen molar-refractivity contribution in [2.45, 2.75) is 25.2 Å². The number of carboxylic acids is 1. The van der Waals surface area contributed by atoms with E-state index in [2.05, 4.69) is 15.9 Å². The Morgan fingerprint density at radius 2 is 2.00 bits per heavy atom. The number of hydrogen-bond acceptors (Lipinski definition) is 4. The summed E-state index contributed by atoms with van der Waals surface area (Å²) in [4.78, 5) is 11.0. The Morgan fingerprint density at radius 3 is 2.55 bits per heavy atom. The lowest BCUT2D eigenvalue weighted by atomic mass is 10.1. The predicted molar refractivity (Wildman–Crippen MR) is 79.0 cm³/mol. The van der Waals surface area contributed by atoms with Crippen molar-refractivity contribution in [2.24, 2.45) is 0 Å². The molecule has 0 bridgehead atoms. The van der Waals surface area contributed by atoms with Gasteiger partial charge in [-0.05, 0) is 31.0 Å². The predicted octanol–water partition coefficient (Wildman–Crippen LogP) is 2.66. The minimum Gasteiger partial charge on any atom is -0.478 e. The molecule has 5 nitrogen and oxygen atoms in total. The first-order valence-corrected chi connectivity index (χ1v) is 8.58. The Labute approximate surface area is 127 Å². The third-order valence-corrected chi connectivity index (χ3v) is 5.35. The quantitative estimate of drug-likeness (QED) is 0.752. The van der Waals surface area contributed by atoms with Crippen molar-refractivity contribution in [3.63, 3.8) is 0 Å². The molecule has 1 rings (SSSR count). The van der Waals surface area contributed by atoms with E-state index in [1.807, 2.05) is 6.92 Å². The van der Waals surface area contributed by atoms with E-state index in [0.717, 1.165) is 6.42 Å². The topological polar surface area (TPSA) is 80.7 Å². The lowest BCUT2D eigenvalue weighted by Gasteiger charge is -2.11. The van der Waals surface area contributed by atoms with Gasteiger partial charge >= 0.3 is 5.97 Å². The third kappa shape index (κ3) is 4.29. The smallest absolute Gasteiger partial charge is 0.335 e. The molecule has 0 saturated carbocycles. The van der Waals surface area contributed by atoms with E-state index in [-0.39, 0.29) is 22.8 Å². The first-order valence-electron chi connectivity index (χ1n) is 6.13. The van der Waals surface area contributed by atoms with Crippen molar-refractivity contribution in [2.75, 3.05) is 19.0 Å². The maximum absolute atomic E-state index is 12.2. The summed E-state index contributed by atoms with van der Waals surface area (Å²) in [7, 11) is -3.57. The van der Waals surface area contributed by atoms with E-state index in [4.69, 9.17) is 9.84 Å². The van der Waals surface area contributed by atoms with Crippen molar-refractivity contribution in [1.82, 2.24) is 0 Å². The standard InChI is InChI=1S/C13H17BrO5S/c1-3-4-19-5-6-20(17,18)12-8-10(13(15)16)7-11(14)9(12)2/h7-8H,3-6H2,1-2H3,(H,15,16). The van der Waals surface area contributed by atoms with Crippen LogP contribution in [-0.4, -0.2) is 38.5 Å². The molecule has 1 aromatic carbocycles. The van der Waals surface area contributed by atoms with E-state index in [1.165, 1.54) is 12.1 Å². The zero-order valence-electron chi connectivity index (χ0n) is 11.3. The maximum Gasteiger partial charge on any atom is 0.335 e. The van der Waals surface area contributed by atoms with Gasteiger partial charge in [0.1, 0.15) is 0 Å². The molecule has 0 atom stereocenters. The third-order valence-electron chi connectivity index (χ3n) is 2.72. The van der Waals surface area contributed by atoms with Gasteiger partial charge in [0.05, 0.1) is 22.8 Å². The first-order chi connectivity index (χ1) is 9.29. The summed E-state index contributed by atoms with van der Waals surface area (Å²) in [5.41, 5.74) is 0.445. The van der Waals surface area contributed by atoms with Crippen LogP contribution in [0.2, 0.25) is 0 Å². The number of carbonyl (C=O) groups is 1. The van der Waals surface area contributed by atoms with Gasteiger partial charge in [0.2, 0.25) is 0 Å². The molecule has 1 N–H and O–H groups in total. The van der Waals surface area contributed by atoms with Gasteiger partial charge in [-0.25, -0.2) is 13.2 Å². The number of aromatic carboxylic acids is 1. The van der Waals surface area contributed by atoms with Crippen LogP contribution in [0.1, 0.15) is 29.3 Å². The molecule has 7 heteroatoms. The Bertz CT molecular complexity index is 595. The lowest BCUT2D eigenvalue weighted by Crippen LogP contribution is -2.15. The molecule has 0 heterocycles. The van der Waals surface area contributed by atoms with Crippen LogP contribution in [0.25, 0.3) is 0 Å². The normalized spacial score (nSPS) is 11.6. The number of rotatable bonds is 7. The van der Waals surface area contributed by atoms with Crippen LogP contribution in [0, 0.1) is 6.92 Å². The average Bonchev–Trinajstić information content (AvgIpc) is 2.37. The molecule has 0 aromatic heterocycles. The Hall–Kier alpha value is -0.920. The molecule has 20 heavy (non-hydrogen) atoms. The minimum atomic E-state index is -3.57. The van der Waals surface area contributed by atoms with E-state index < -0.39 is 15.8 Å². The van der Waals surface area contributed by atoms with Crippen LogP contribution in [0.4, 0.5) is 0 Å². The number of carboxylic acid groups (broad SMARTS) is 1. The average molecular weight is 365 g/mol. The van der Waals surface area contributed by atoms with E-state index in [9.17, 15) is 13.2 Å². The second kappa shape index (κ2) is 7.19.